The Morgan fingerprint density at radius 2 is 2.09 bits per heavy atom. The first-order valence-electron chi connectivity index (χ1n) is 7.43. The van der Waals surface area contributed by atoms with Gasteiger partial charge in [0.1, 0.15) is 5.75 Å². The lowest BCUT2D eigenvalue weighted by Crippen LogP contribution is -2.24. The van der Waals surface area contributed by atoms with Crippen LogP contribution in [0.5, 0.6) is 5.75 Å². The van der Waals surface area contributed by atoms with E-state index in [0.717, 1.165) is 31.6 Å². The number of nitrogens with one attached hydrogen (secondary N) is 1. The summed E-state index contributed by atoms with van der Waals surface area (Å²) in [5.41, 5.74) is 1.16. The number of benzene rings is 1. The predicted molar refractivity (Wildman–Crippen MR) is 81.6 cm³/mol. The van der Waals surface area contributed by atoms with Crippen molar-refractivity contribution in [3.63, 3.8) is 0 Å². The van der Waals surface area contributed by atoms with E-state index in [9.17, 15) is 9.59 Å². The fourth-order valence-electron chi connectivity index (χ4n) is 2.68. The number of ether oxygens (including phenoxy) is 1. The summed E-state index contributed by atoms with van der Waals surface area (Å²) in [7, 11) is 1.67. The lowest BCUT2D eigenvalue weighted by molar-refractivity contribution is -0.139. The third kappa shape index (κ3) is 5.04. The van der Waals surface area contributed by atoms with E-state index in [-0.39, 0.29) is 12.5 Å². The van der Waals surface area contributed by atoms with Gasteiger partial charge < -0.3 is 15.2 Å². The van der Waals surface area contributed by atoms with Crippen molar-refractivity contribution in [2.75, 3.05) is 26.7 Å². The second-order valence-corrected chi connectivity index (χ2v) is 5.59. The van der Waals surface area contributed by atoms with E-state index in [2.05, 4.69) is 10.2 Å². The summed E-state index contributed by atoms with van der Waals surface area (Å²) in [5.74, 6) is 0.110. The SMILES string of the molecule is CNC(=O)C[C@H]1CCN(Cc2ccc(OCC(=O)O)cc2)C1. The summed E-state index contributed by atoms with van der Waals surface area (Å²) < 4.78 is 5.11. The van der Waals surface area contributed by atoms with Crippen molar-refractivity contribution in [2.24, 2.45) is 5.92 Å². The molecule has 1 aromatic carbocycles. The van der Waals surface area contributed by atoms with Crippen molar-refractivity contribution in [3.8, 4) is 5.75 Å². The number of carboxylic acid groups (broad SMARTS) is 1. The number of carbonyl (C=O) groups is 2. The average molecular weight is 306 g/mol. The Bertz CT molecular complexity index is 515. The smallest absolute Gasteiger partial charge is 0.341 e. The lowest BCUT2D eigenvalue weighted by atomic mass is 10.0. The normalized spacial score (nSPS) is 18.1. The largest absolute Gasteiger partial charge is 0.482 e. The zero-order valence-corrected chi connectivity index (χ0v) is 12.7. The van der Waals surface area contributed by atoms with Gasteiger partial charge >= 0.3 is 5.97 Å². The van der Waals surface area contributed by atoms with E-state index in [4.69, 9.17) is 9.84 Å². The topological polar surface area (TPSA) is 78.9 Å². The minimum atomic E-state index is -0.983. The molecule has 0 radical (unpaired) electrons. The average Bonchev–Trinajstić information content (AvgIpc) is 2.93. The maximum absolute atomic E-state index is 11.4. The zero-order valence-electron chi connectivity index (χ0n) is 12.7. The number of carbonyl (C=O) groups excluding carboxylic acids is 1. The van der Waals surface area contributed by atoms with Gasteiger partial charge in [0.15, 0.2) is 6.61 Å². The quantitative estimate of drug-likeness (QED) is 0.789. The molecule has 0 saturated carbocycles. The first kappa shape index (κ1) is 16.3. The van der Waals surface area contributed by atoms with Gasteiger partial charge in [0, 0.05) is 26.6 Å². The van der Waals surface area contributed by atoms with Crippen LogP contribution in [-0.4, -0.2) is 48.6 Å². The van der Waals surface area contributed by atoms with Crippen LogP contribution in [0.15, 0.2) is 24.3 Å². The molecule has 1 fully saturated rings. The van der Waals surface area contributed by atoms with Crippen LogP contribution in [0.25, 0.3) is 0 Å². The van der Waals surface area contributed by atoms with Gasteiger partial charge in [0.25, 0.3) is 0 Å². The molecule has 1 saturated heterocycles. The molecule has 0 spiro atoms. The van der Waals surface area contributed by atoms with Crippen LogP contribution in [-0.2, 0) is 16.1 Å². The van der Waals surface area contributed by atoms with Crippen LogP contribution in [0.3, 0.4) is 0 Å². The van der Waals surface area contributed by atoms with Crippen molar-refractivity contribution in [2.45, 2.75) is 19.4 Å². The van der Waals surface area contributed by atoms with Crippen LogP contribution in [0.1, 0.15) is 18.4 Å². The van der Waals surface area contributed by atoms with E-state index >= 15 is 0 Å². The van der Waals surface area contributed by atoms with Gasteiger partial charge in [-0.2, -0.15) is 0 Å². The standard InChI is InChI=1S/C16H22N2O4/c1-17-15(19)8-13-6-7-18(10-13)9-12-2-4-14(5-3-12)22-11-16(20)21/h2-5,13H,6-11H2,1H3,(H,17,19)(H,20,21)/t13-/m1/s1. The number of likely N-dealkylation sites (tertiary alicyclic amines) is 1. The first-order chi connectivity index (χ1) is 10.6. The Kier molecular flexibility index (Phi) is 5.77. The molecule has 0 aromatic heterocycles. The Hall–Kier alpha value is -2.08. The molecule has 1 aliphatic heterocycles. The number of nitrogens with zero attached hydrogens (tertiary/aromatic N) is 1. The van der Waals surface area contributed by atoms with Gasteiger partial charge in [0.2, 0.25) is 5.91 Å². The molecule has 2 rings (SSSR count). The molecular weight excluding hydrogens is 284 g/mol. The van der Waals surface area contributed by atoms with Crippen LogP contribution in [0.2, 0.25) is 0 Å². The number of amides is 1. The fraction of sp³-hybridized carbons (Fsp3) is 0.500. The van der Waals surface area contributed by atoms with Gasteiger partial charge in [-0.05, 0) is 36.6 Å². The minimum absolute atomic E-state index is 0.104. The van der Waals surface area contributed by atoms with Crippen LogP contribution < -0.4 is 10.1 Å². The molecule has 1 aromatic rings. The maximum atomic E-state index is 11.4. The van der Waals surface area contributed by atoms with E-state index in [1.54, 1.807) is 19.2 Å². The van der Waals surface area contributed by atoms with Crippen molar-refractivity contribution in [3.05, 3.63) is 29.8 Å². The molecule has 1 heterocycles. The van der Waals surface area contributed by atoms with Crippen molar-refractivity contribution < 1.29 is 19.4 Å². The highest BCUT2D eigenvalue weighted by Crippen LogP contribution is 2.22. The van der Waals surface area contributed by atoms with E-state index in [1.807, 2.05) is 12.1 Å². The highest BCUT2D eigenvalue weighted by molar-refractivity contribution is 5.75. The Morgan fingerprint density at radius 3 is 2.73 bits per heavy atom. The van der Waals surface area contributed by atoms with E-state index < -0.39 is 5.97 Å². The predicted octanol–water partition coefficient (Wildman–Crippen LogP) is 1.11. The highest BCUT2D eigenvalue weighted by atomic mass is 16.5. The number of aliphatic carboxylic acids is 1. The summed E-state index contributed by atoms with van der Waals surface area (Å²) in [4.78, 5) is 24.2. The number of hydrogen-bond acceptors (Lipinski definition) is 4. The Morgan fingerprint density at radius 1 is 1.36 bits per heavy atom. The highest BCUT2D eigenvalue weighted by Gasteiger charge is 2.24. The molecule has 1 aliphatic rings. The molecule has 2 N–H and O–H groups in total. The molecule has 6 heteroatoms. The molecule has 120 valence electrons. The summed E-state index contributed by atoms with van der Waals surface area (Å²) in [6.45, 7) is 2.44. The van der Waals surface area contributed by atoms with E-state index in [0.29, 0.717) is 18.1 Å². The monoisotopic (exact) mass is 306 g/mol. The zero-order chi connectivity index (χ0) is 15.9. The van der Waals surface area contributed by atoms with Crippen LogP contribution in [0.4, 0.5) is 0 Å². The van der Waals surface area contributed by atoms with Gasteiger partial charge in [-0.1, -0.05) is 12.1 Å². The van der Waals surface area contributed by atoms with Crippen molar-refractivity contribution in [1.29, 1.82) is 0 Å². The van der Waals surface area contributed by atoms with Crippen molar-refractivity contribution >= 4 is 11.9 Å². The second-order valence-electron chi connectivity index (χ2n) is 5.59. The molecule has 1 amide bonds. The van der Waals surface area contributed by atoms with Gasteiger partial charge in [-0.3, -0.25) is 9.69 Å². The molecule has 0 aliphatic carbocycles. The molecule has 22 heavy (non-hydrogen) atoms. The summed E-state index contributed by atoms with van der Waals surface area (Å²) in [6.07, 6.45) is 1.64. The van der Waals surface area contributed by atoms with Crippen molar-refractivity contribution in [1.82, 2.24) is 10.2 Å². The van der Waals surface area contributed by atoms with Crippen LogP contribution >= 0.6 is 0 Å². The lowest BCUT2D eigenvalue weighted by Gasteiger charge is -2.16. The Balaban J connectivity index is 1.79. The summed E-state index contributed by atoms with van der Waals surface area (Å²) in [5, 5.41) is 11.2. The third-order valence-corrected chi connectivity index (χ3v) is 3.81. The third-order valence-electron chi connectivity index (χ3n) is 3.81. The molecular formula is C16H22N2O4. The summed E-state index contributed by atoms with van der Waals surface area (Å²) in [6, 6.07) is 7.47. The van der Waals surface area contributed by atoms with Gasteiger partial charge in [0.05, 0.1) is 0 Å². The number of rotatable bonds is 7. The molecule has 1 atom stereocenters. The summed E-state index contributed by atoms with van der Waals surface area (Å²) >= 11 is 0. The molecule has 0 unspecified atom stereocenters. The minimum Gasteiger partial charge on any atom is -0.482 e. The van der Waals surface area contributed by atoms with Gasteiger partial charge in [-0.15, -0.1) is 0 Å². The van der Waals surface area contributed by atoms with Gasteiger partial charge in [-0.25, -0.2) is 4.79 Å². The number of hydrogen-bond donors (Lipinski definition) is 2. The van der Waals surface area contributed by atoms with Crippen LogP contribution in [0, 0.1) is 5.92 Å². The molecule has 0 bridgehead atoms. The number of carboxylic acids is 1. The molecule has 6 nitrogen and oxygen atoms in total. The maximum Gasteiger partial charge on any atom is 0.341 e. The Labute approximate surface area is 130 Å². The fourth-order valence-corrected chi connectivity index (χ4v) is 2.68. The first-order valence-corrected chi connectivity index (χ1v) is 7.43. The van der Waals surface area contributed by atoms with E-state index in [1.165, 1.54) is 0 Å². The second kappa shape index (κ2) is 7.79.